The zero-order valence-electron chi connectivity index (χ0n) is 8.29. The normalized spacial score (nSPS) is 12.0. The van der Waals surface area contributed by atoms with Crippen LogP contribution in [0, 0.1) is 5.82 Å². The van der Waals surface area contributed by atoms with Crippen molar-refractivity contribution >= 4 is 21.9 Å². The molecule has 1 aromatic rings. The Hall–Kier alpha value is -1.10. The molecule has 1 aromatic carbocycles. The van der Waals surface area contributed by atoms with Gasteiger partial charge in [0.05, 0.1) is 7.11 Å². The Morgan fingerprint density at radius 2 is 2.20 bits per heavy atom. The zero-order chi connectivity index (χ0) is 11.4. The van der Waals surface area contributed by atoms with E-state index in [2.05, 4.69) is 20.7 Å². The quantitative estimate of drug-likeness (QED) is 0.796. The highest BCUT2D eigenvalue weighted by Gasteiger charge is 2.16. The van der Waals surface area contributed by atoms with Crippen molar-refractivity contribution in [2.45, 2.75) is 13.0 Å². The van der Waals surface area contributed by atoms with Crippen LogP contribution in [0.3, 0.4) is 0 Å². The summed E-state index contributed by atoms with van der Waals surface area (Å²) in [5.74, 6) is -1.05. The molecule has 0 heterocycles. The number of hydrogen-bond acceptors (Lipinski definition) is 3. The fourth-order valence-electron chi connectivity index (χ4n) is 0.975. The van der Waals surface area contributed by atoms with Gasteiger partial charge in [-0.2, -0.15) is 0 Å². The summed E-state index contributed by atoms with van der Waals surface area (Å²) in [6.45, 7) is 1.49. The van der Waals surface area contributed by atoms with Gasteiger partial charge in [-0.05, 0) is 25.1 Å². The molecular weight excluding hydrogens is 267 g/mol. The first kappa shape index (κ1) is 12.0. The van der Waals surface area contributed by atoms with Gasteiger partial charge in [-0.15, -0.1) is 0 Å². The van der Waals surface area contributed by atoms with Crippen LogP contribution in [-0.4, -0.2) is 19.2 Å². The van der Waals surface area contributed by atoms with Gasteiger partial charge >= 0.3 is 5.97 Å². The second kappa shape index (κ2) is 5.11. The molecule has 0 N–H and O–H groups in total. The lowest BCUT2D eigenvalue weighted by molar-refractivity contribution is -0.148. The predicted molar refractivity (Wildman–Crippen MR) is 56.2 cm³/mol. The van der Waals surface area contributed by atoms with Gasteiger partial charge in [0, 0.05) is 4.47 Å². The third-order valence-corrected chi connectivity index (χ3v) is 2.22. The van der Waals surface area contributed by atoms with Crippen molar-refractivity contribution in [3.8, 4) is 5.75 Å². The van der Waals surface area contributed by atoms with Crippen molar-refractivity contribution in [3.05, 3.63) is 28.5 Å². The number of rotatable bonds is 3. The summed E-state index contributed by atoms with van der Waals surface area (Å²) >= 11 is 3.12. The van der Waals surface area contributed by atoms with Crippen LogP contribution in [-0.2, 0) is 9.53 Å². The monoisotopic (exact) mass is 276 g/mol. The fourth-order valence-corrected chi connectivity index (χ4v) is 1.31. The van der Waals surface area contributed by atoms with Crippen molar-refractivity contribution in [1.29, 1.82) is 0 Å². The lowest BCUT2D eigenvalue weighted by atomic mass is 10.3. The zero-order valence-corrected chi connectivity index (χ0v) is 9.88. The Morgan fingerprint density at radius 3 is 2.73 bits per heavy atom. The third-order valence-electron chi connectivity index (χ3n) is 1.73. The molecule has 0 aliphatic rings. The molecule has 0 fully saturated rings. The second-order valence-corrected chi connectivity index (χ2v) is 3.77. The Morgan fingerprint density at radius 1 is 1.53 bits per heavy atom. The molecule has 0 spiro atoms. The number of halogens is 2. The lowest BCUT2D eigenvalue weighted by Crippen LogP contribution is -2.25. The van der Waals surface area contributed by atoms with E-state index < -0.39 is 17.9 Å². The van der Waals surface area contributed by atoms with Crippen LogP contribution in [0.15, 0.2) is 22.7 Å². The summed E-state index contributed by atoms with van der Waals surface area (Å²) in [6.07, 6.45) is -0.828. The van der Waals surface area contributed by atoms with Gasteiger partial charge in [-0.1, -0.05) is 15.9 Å². The molecule has 82 valence electrons. The summed E-state index contributed by atoms with van der Waals surface area (Å²) in [6, 6.07) is 4.33. The van der Waals surface area contributed by atoms with Gasteiger partial charge in [0.25, 0.3) is 0 Å². The van der Waals surface area contributed by atoms with Crippen LogP contribution < -0.4 is 4.74 Å². The molecular formula is C10H10BrFO3. The maximum atomic E-state index is 13.3. The Labute approximate surface area is 95.3 Å². The molecule has 0 aliphatic carbocycles. The van der Waals surface area contributed by atoms with Gasteiger partial charge in [-0.3, -0.25) is 0 Å². The average molecular weight is 277 g/mol. The number of carbonyl (C=O) groups is 1. The number of carbonyl (C=O) groups excluding carboxylic acids is 1. The standard InChI is InChI=1S/C10H10BrFO3/c1-6(10(13)14-2)15-9-4-3-7(11)5-8(9)12/h3-6H,1-2H3/t6-/m0/s1. The van der Waals surface area contributed by atoms with Crippen LogP contribution in [0.5, 0.6) is 5.75 Å². The lowest BCUT2D eigenvalue weighted by Gasteiger charge is -2.12. The summed E-state index contributed by atoms with van der Waals surface area (Å²) in [4.78, 5) is 11.0. The molecule has 5 heteroatoms. The predicted octanol–water partition coefficient (Wildman–Crippen LogP) is 2.53. The van der Waals surface area contributed by atoms with Crippen LogP contribution in [0.1, 0.15) is 6.92 Å². The molecule has 0 saturated carbocycles. The molecule has 0 unspecified atom stereocenters. The molecule has 0 bridgehead atoms. The van der Waals surface area contributed by atoms with Gasteiger partial charge in [0.1, 0.15) is 0 Å². The summed E-state index contributed by atoms with van der Waals surface area (Å²) in [5.41, 5.74) is 0. The van der Waals surface area contributed by atoms with E-state index in [-0.39, 0.29) is 5.75 Å². The highest BCUT2D eigenvalue weighted by Crippen LogP contribution is 2.22. The van der Waals surface area contributed by atoms with Crippen LogP contribution >= 0.6 is 15.9 Å². The van der Waals surface area contributed by atoms with Crippen molar-refractivity contribution in [1.82, 2.24) is 0 Å². The molecule has 0 aliphatic heterocycles. The van der Waals surface area contributed by atoms with Crippen molar-refractivity contribution < 1.29 is 18.7 Å². The topological polar surface area (TPSA) is 35.5 Å². The smallest absolute Gasteiger partial charge is 0.346 e. The first-order valence-electron chi connectivity index (χ1n) is 4.24. The summed E-state index contributed by atoms with van der Waals surface area (Å²) in [5, 5.41) is 0. The largest absolute Gasteiger partial charge is 0.476 e. The highest BCUT2D eigenvalue weighted by molar-refractivity contribution is 9.10. The van der Waals surface area contributed by atoms with E-state index in [9.17, 15) is 9.18 Å². The maximum Gasteiger partial charge on any atom is 0.346 e. The van der Waals surface area contributed by atoms with E-state index in [0.29, 0.717) is 4.47 Å². The van der Waals surface area contributed by atoms with E-state index in [1.165, 1.54) is 26.2 Å². The van der Waals surface area contributed by atoms with Gasteiger partial charge in [0.2, 0.25) is 0 Å². The highest BCUT2D eigenvalue weighted by atomic mass is 79.9. The SMILES string of the molecule is COC(=O)[C@H](C)Oc1ccc(Br)cc1F. The van der Waals surface area contributed by atoms with E-state index in [1.54, 1.807) is 6.07 Å². The molecule has 1 rings (SSSR count). The Balaban J connectivity index is 2.76. The number of esters is 1. The van der Waals surface area contributed by atoms with E-state index >= 15 is 0 Å². The molecule has 15 heavy (non-hydrogen) atoms. The molecule has 1 atom stereocenters. The first-order valence-corrected chi connectivity index (χ1v) is 5.03. The number of benzene rings is 1. The minimum Gasteiger partial charge on any atom is -0.476 e. The number of ether oxygens (including phenoxy) is 2. The summed E-state index contributed by atoms with van der Waals surface area (Å²) < 4.78 is 23.4. The van der Waals surface area contributed by atoms with E-state index in [0.717, 1.165) is 0 Å². The number of hydrogen-bond donors (Lipinski definition) is 0. The second-order valence-electron chi connectivity index (χ2n) is 2.86. The minimum absolute atomic E-state index is 0.0242. The molecule has 0 aromatic heterocycles. The van der Waals surface area contributed by atoms with Crippen molar-refractivity contribution in [2.75, 3.05) is 7.11 Å². The summed E-state index contributed by atoms with van der Waals surface area (Å²) in [7, 11) is 1.25. The molecule has 0 amide bonds. The van der Waals surface area contributed by atoms with Crippen molar-refractivity contribution in [2.24, 2.45) is 0 Å². The van der Waals surface area contributed by atoms with Gasteiger partial charge < -0.3 is 9.47 Å². The van der Waals surface area contributed by atoms with E-state index in [1.807, 2.05) is 0 Å². The van der Waals surface area contributed by atoms with Crippen LogP contribution in [0.2, 0.25) is 0 Å². The third kappa shape index (κ3) is 3.20. The average Bonchev–Trinajstić information content (AvgIpc) is 2.20. The van der Waals surface area contributed by atoms with Gasteiger partial charge in [-0.25, -0.2) is 9.18 Å². The molecule has 3 nitrogen and oxygen atoms in total. The number of methoxy groups -OCH3 is 1. The molecule has 0 radical (unpaired) electrons. The minimum atomic E-state index is -0.828. The van der Waals surface area contributed by atoms with Crippen LogP contribution in [0.25, 0.3) is 0 Å². The fraction of sp³-hybridized carbons (Fsp3) is 0.300. The van der Waals surface area contributed by atoms with Crippen LogP contribution in [0.4, 0.5) is 4.39 Å². The Kier molecular flexibility index (Phi) is 4.08. The van der Waals surface area contributed by atoms with E-state index in [4.69, 9.17) is 4.74 Å². The Bertz CT molecular complexity index is 368. The van der Waals surface area contributed by atoms with Gasteiger partial charge in [0.15, 0.2) is 17.7 Å². The molecule has 0 saturated heterocycles. The maximum absolute atomic E-state index is 13.3. The first-order chi connectivity index (χ1) is 7.04. The van der Waals surface area contributed by atoms with Crippen molar-refractivity contribution in [3.63, 3.8) is 0 Å².